The lowest BCUT2D eigenvalue weighted by molar-refractivity contribution is 0.102. The van der Waals surface area contributed by atoms with E-state index in [2.05, 4.69) is 5.32 Å². The highest BCUT2D eigenvalue weighted by molar-refractivity contribution is 7.10. The predicted molar refractivity (Wildman–Crippen MR) is 89.7 cm³/mol. The lowest BCUT2D eigenvalue weighted by Crippen LogP contribution is -2.13. The summed E-state index contributed by atoms with van der Waals surface area (Å²) in [6.45, 7) is 1.98. The van der Waals surface area contributed by atoms with Crippen molar-refractivity contribution in [3.05, 3.63) is 50.2 Å². The van der Waals surface area contributed by atoms with Crippen molar-refractivity contribution in [2.24, 2.45) is 0 Å². The summed E-state index contributed by atoms with van der Waals surface area (Å²) in [4.78, 5) is 13.9. The molecular formula is C17H18ClNOS. The molecule has 1 aromatic heterocycles. The number of anilines is 1. The van der Waals surface area contributed by atoms with Crippen LogP contribution < -0.4 is 5.32 Å². The first kappa shape index (κ1) is 14.6. The molecule has 0 saturated carbocycles. The van der Waals surface area contributed by atoms with E-state index in [1.807, 2.05) is 30.5 Å². The van der Waals surface area contributed by atoms with Crippen molar-refractivity contribution in [3.63, 3.8) is 0 Å². The van der Waals surface area contributed by atoms with Gasteiger partial charge in [-0.1, -0.05) is 24.1 Å². The zero-order valence-electron chi connectivity index (χ0n) is 12.0. The van der Waals surface area contributed by atoms with Gasteiger partial charge in [-0.2, -0.15) is 0 Å². The van der Waals surface area contributed by atoms with Crippen LogP contribution in [0.25, 0.3) is 0 Å². The molecule has 0 atom stereocenters. The predicted octanol–water partition coefficient (Wildman–Crippen LogP) is 5.23. The molecule has 1 heterocycles. The van der Waals surface area contributed by atoms with Crippen LogP contribution in [0, 0.1) is 6.92 Å². The van der Waals surface area contributed by atoms with Gasteiger partial charge in [-0.25, -0.2) is 0 Å². The van der Waals surface area contributed by atoms with Gasteiger partial charge in [0.25, 0.3) is 5.91 Å². The second-order valence-corrected chi connectivity index (χ2v) is 6.92. The van der Waals surface area contributed by atoms with E-state index >= 15 is 0 Å². The molecule has 0 aliphatic heterocycles. The van der Waals surface area contributed by atoms with Gasteiger partial charge < -0.3 is 5.32 Å². The highest BCUT2D eigenvalue weighted by atomic mass is 35.5. The van der Waals surface area contributed by atoms with Crippen molar-refractivity contribution in [2.75, 3.05) is 5.32 Å². The number of aryl methyl sites for hydroxylation is 2. The van der Waals surface area contributed by atoms with Crippen LogP contribution in [0.2, 0.25) is 5.02 Å². The third kappa shape index (κ3) is 3.14. The standard InChI is InChI=1S/C17H18ClNOS/c1-11-7-8-15(14(18)9-11)19-17(20)13-10-21-16-6-4-2-3-5-12(13)16/h7-10H,2-6H2,1H3,(H,19,20). The van der Waals surface area contributed by atoms with Crippen LogP contribution >= 0.6 is 22.9 Å². The summed E-state index contributed by atoms with van der Waals surface area (Å²) in [5.41, 5.74) is 3.84. The maximum Gasteiger partial charge on any atom is 0.256 e. The fourth-order valence-corrected chi connectivity index (χ4v) is 4.18. The molecule has 1 aliphatic rings. The lowest BCUT2D eigenvalue weighted by atomic mass is 10.1. The Hall–Kier alpha value is -1.32. The lowest BCUT2D eigenvalue weighted by Gasteiger charge is -2.09. The molecule has 0 bridgehead atoms. The summed E-state index contributed by atoms with van der Waals surface area (Å²) < 4.78 is 0. The molecule has 1 aliphatic carbocycles. The molecule has 2 nitrogen and oxygen atoms in total. The number of rotatable bonds is 2. The van der Waals surface area contributed by atoms with Crippen LogP contribution in [0.1, 0.15) is 45.6 Å². The summed E-state index contributed by atoms with van der Waals surface area (Å²) in [5.74, 6) is -0.0415. The van der Waals surface area contributed by atoms with Crippen LogP contribution in [0.3, 0.4) is 0 Å². The highest BCUT2D eigenvalue weighted by Crippen LogP contribution is 2.31. The Morgan fingerprint density at radius 1 is 1.24 bits per heavy atom. The maximum atomic E-state index is 12.5. The fraction of sp³-hybridized carbons (Fsp3) is 0.353. The van der Waals surface area contributed by atoms with Gasteiger partial charge in [-0.05, 0) is 55.9 Å². The molecule has 3 rings (SSSR count). The number of benzene rings is 1. The van der Waals surface area contributed by atoms with Gasteiger partial charge in [-0.15, -0.1) is 11.3 Å². The normalized spacial score (nSPS) is 14.4. The maximum absolute atomic E-state index is 12.5. The van der Waals surface area contributed by atoms with E-state index in [0.717, 1.165) is 24.0 Å². The van der Waals surface area contributed by atoms with Gasteiger partial charge >= 0.3 is 0 Å². The molecule has 1 aromatic carbocycles. The van der Waals surface area contributed by atoms with Crippen molar-refractivity contribution < 1.29 is 4.79 Å². The van der Waals surface area contributed by atoms with E-state index in [4.69, 9.17) is 11.6 Å². The molecule has 0 unspecified atom stereocenters. The SMILES string of the molecule is Cc1ccc(NC(=O)c2csc3c2CCCCC3)c(Cl)c1. The Labute approximate surface area is 134 Å². The average Bonchev–Trinajstić information content (AvgIpc) is 2.71. The van der Waals surface area contributed by atoms with Gasteiger partial charge in [0.1, 0.15) is 0 Å². The molecule has 0 fully saturated rings. The first-order valence-corrected chi connectivity index (χ1v) is 8.57. The van der Waals surface area contributed by atoms with E-state index in [0.29, 0.717) is 10.7 Å². The number of hydrogen-bond donors (Lipinski definition) is 1. The highest BCUT2D eigenvalue weighted by Gasteiger charge is 2.19. The van der Waals surface area contributed by atoms with Crippen LogP contribution in [0.15, 0.2) is 23.6 Å². The first-order chi connectivity index (χ1) is 10.1. The van der Waals surface area contributed by atoms with Crippen LogP contribution in [-0.2, 0) is 12.8 Å². The Kier molecular flexibility index (Phi) is 4.32. The van der Waals surface area contributed by atoms with Gasteiger partial charge in [-0.3, -0.25) is 4.79 Å². The summed E-state index contributed by atoms with van der Waals surface area (Å²) in [5, 5.41) is 5.53. The molecule has 0 saturated heterocycles. The van der Waals surface area contributed by atoms with Crippen molar-refractivity contribution in [1.29, 1.82) is 0 Å². The minimum atomic E-state index is -0.0415. The van der Waals surface area contributed by atoms with Crippen molar-refractivity contribution in [1.82, 2.24) is 0 Å². The largest absolute Gasteiger partial charge is 0.321 e. The molecule has 2 aromatic rings. The second kappa shape index (κ2) is 6.20. The molecular weight excluding hydrogens is 302 g/mol. The minimum absolute atomic E-state index is 0.0415. The van der Waals surface area contributed by atoms with E-state index < -0.39 is 0 Å². The molecule has 1 amide bonds. The number of fused-ring (bicyclic) bond motifs is 1. The molecule has 110 valence electrons. The van der Waals surface area contributed by atoms with Crippen LogP contribution in [-0.4, -0.2) is 5.91 Å². The Bertz CT molecular complexity index is 677. The van der Waals surface area contributed by atoms with Crippen molar-refractivity contribution >= 4 is 34.5 Å². The topological polar surface area (TPSA) is 29.1 Å². The summed E-state index contributed by atoms with van der Waals surface area (Å²) in [7, 11) is 0. The number of carbonyl (C=O) groups excluding carboxylic acids is 1. The van der Waals surface area contributed by atoms with E-state index in [-0.39, 0.29) is 5.91 Å². The van der Waals surface area contributed by atoms with Gasteiger partial charge in [0, 0.05) is 10.3 Å². The average molecular weight is 320 g/mol. The smallest absolute Gasteiger partial charge is 0.256 e. The number of halogens is 1. The number of hydrogen-bond acceptors (Lipinski definition) is 2. The molecule has 0 spiro atoms. The van der Waals surface area contributed by atoms with E-state index in [1.165, 1.54) is 29.7 Å². The van der Waals surface area contributed by atoms with Gasteiger partial charge in [0.15, 0.2) is 0 Å². The zero-order valence-corrected chi connectivity index (χ0v) is 13.6. The Morgan fingerprint density at radius 2 is 2.05 bits per heavy atom. The van der Waals surface area contributed by atoms with E-state index in [1.54, 1.807) is 11.3 Å². The molecule has 0 radical (unpaired) electrons. The molecule has 4 heteroatoms. The van der Waals surface area contributed by atoms with Gasteiger partial charge in [0.2, 0.25) is 0 Å². The minimum Gasteiger partial charge on any atom is -0.321 e. The van der Waals surface area contributed by atoms with E-state index in [9.17, 15) is 4.79 Å². The number of thiophene rings is 1. The number of carbonyl (C=O) groups is 1. The third-order valence-electron chi connectivity index (χ3n) is 3.93. The summed E-state index contributed by atoms with van der Waals surface area (Å²) in [6.07, 6.45) is 5.79. The van der Waals surface area contributed by atoms with Crippen molar-refractivity contribution in [3.8, 4) is 0 Å². The summed E-state index contributed by atoms with van der Waals surface area (Å²) >= 11 is 7.91. The Morgan fingerprint density at radius 3 is 2.86 bits per heavy atom. The molecule has 1 N–H and O–H groups in total. The van der Waals surface area contributed by atoms with Gasteiger partial charge in [0.05, 0.1) is 16.3 Å². The Balaban J connectivity index is 1.84. The fourth-order valence-electron chi connectivity index (χ4n) is 2.77. The third-order valence-corrected chi connectivity index (χ3v) is 5.33. The summed E-state index contributed by atoms with van der Waals surface area (Å²) in [6, 6.07) is 5.68. The zero-order chi connectivity index (χ0) is 14.8. The quantitative estimate of drug-likeness (QED) is 0.754. The van der Waals surface area contributed by atoms with Crippen LogP contribution in [0.4, 0.5) is 5.69 Å². The monoisotopic (exact) mass is 319 g/mol. The number of nitrogens with one attached hydrogen (secondary N) is 1. The van der Waals surface area contributed by atoms with Crippen molar-refractivity contribution in [2.45, 2.75) is 39.0 Å². The number of amides is 1. The first-order valence-electron chi connectivity index (χ1n) is 7.32. The molecule has 21 heavy (non-hydrogen) atoms. The van der Waals surface area contributed by atoms with Crippen LogP contribution in [0.5, 0.6) is 0 Å². The second-order valence-electron chi connectivity index (χ2n) is 5.55.